The van der Waals surface area contributed by atoms with Gasteiger partial charge in [-0.15, -0.1) is 0 Å². The molecule has 2 heterocycles. The number of methoxy groups -OCH3 is 1. The maximum Gasteiger partial charge on any atom is 0.317 e. The Bertz CT molecular complexity index is 2280. The molecule has 0 saturated heterocycles. The van der Waals surface area contributed by atoms with Crippen molar-refractivity contribution in [3.8, 4) is 11.5 Å². The number of benzene rings is 3. The molecule has 0 aromatic heterocycles. The molecular formula is C44H56N10O14. The molecule has 6 amide bonds. The van der Waals surface area contributed by atoms with E-state index < -0.39 is 86.2 Å². The van der Waals surface area contributed by atoms with Crippen LogP contribution in [0, 0.1) is 5.21 Å². The Hall–Kier alpha value is -7.22. The molecule has 0 bridgehead atoms. The molecule has 2 aliphatic rings. The first-order valence-electron chi connectivity index (χ1n) is 21.7. The second-order valence-corrected chi connectivity index (χ2v) is 15.4. The molecule has 4 atom stereocenters. The minimum atomic E-state index is -2.04. The van der Waals surface area contributed by atoms with Crippen molar-refractivity contribution in [2.24, 2.45) is 4.99 Å². The maximum absolute atomic E-state index is 14.0. The number of carbonyl (C=O) groups is 7. The van der Waals surface area contributed by atoms with Gasteiger partial charge in [0.1, 0.15) is 24.5 Å². The number of nitrogens with one attached hydrogen (secondary N) is 8. The number of amides is 6. The van der Waals surface area contributed by atoms with Gasteiger partial charge in [-0.2, -0.15) is 0 Å². The van der Waals surface area contributed by atoms with Crippen LogP contribution in [0.25, 0.3) is 0 Å². The normalized spacial score (nSPS) is 15.3. The number of carboxylic acids is 1. The quantitative estimate of drug-likeness (QED) is 0.0220. The van der Waals surface area contributed by atoms with Crippen LogP contribution in [0.5, 0.6) is 11.5 Å². The highest BCUT2D eigenvalue weighted by atomic mass is 16.6. The topological polar surface area (TPSA) is 335 Å². The molecule has 0 spiro atoms. The van der Waals surface area contributed by atoms with Gasteiger partial charge in [0.25, 0.3) is 5.91 Å². The van der Waals surface area contributed by atoms with Crippen molar-refractivity contribution < 1.29 is 68.3 Å². The molecule has 3 aromatic carbocycles. The molecule has 0 fully saturated rings. The third-order valence-electron chi connectivity index (χ3n) is 10.3. The molecule has 1 unspecified atom stereocenters. The summed E-state index contributed by atoms with van der Waals surface area (Å²) in [6.07, 6.45) is 2.20. The van der Waals surface area contributed by atoms with Crippen LogP contribution in [0.2, 0.25) is 0 Å². The van der Waals surface area contributed by atoms with Crippen molar-refractivity contribution >= 4 is 70.4 Å². The second-order valence-electron chi connectivity index (χ2n) is 15.4. The van der Waals surface area contributed by atoms with Crippen LogP contribution in [0.4, 0.5) is 22.7 Å². The number of aliphatic hydroxyl groups excluding tert-OH is 2. The summed E-state index contributed by atoms with van der Waals surface area (Å²) in [5.41, 5.74) is 2.93. The number of aliphatic carboxylic acids is 1. The molecule has 5 rings (SSSR count). The zero-order valence-corrected chi connectivity index (χ0v) is 37.2. The number of quaternary nitrogens is 1. The van der Waals surface area contributed by atoms with Crippen LogP contribution >= 0.6 is 0 Å². The third kappa shape index (κ3) is 15.7. The van der Waals surface area contributed by atoms with Crippen molar-refractivity contribution in [2.75, 3.05) is 70.1 Å². The Balaban J connectivity index is 1.07. The maximum atomic E-state index is 14.0. The number of hydrogen-bond acceptors (Lipinski definition) is 16. The van der Waals surface area contributed by atoms with Gasteiger partial charge in [0.2, 0.25) is 35.8 Å². The number of aliphatic hydroxyl groups is 2. The van der Waals surface area contributed by atoms with E-state index in [1.807, 2.05) is 0 Å². The first kappa shape index (κ1) is 51.8. The highest BCUT2D eigenvalue weighted by Gasteiger charge is 2.37. The summed E-state index contributed by atoms with van der Waals surface area (Å²) in [5, 5.41) is 60.3. The molecule has 0 saturated carbocycles. The second kappa shape index (κ2) is 26.2. The predicted molar refractivity (Wildman–Crippen MR) is 243 cm³/mol. The Morgan fingerprint density at radius 2 is 1.59 bits per heavy atom. The largest absolute Gasteiger partial charge is 0.602 e. The number of hydrogen-bond donors (Lipinski definition) is 11. The highest BCUT2D eigenvalue weighted by molar-refractivity contribution is 5.95. The molecule has 68 heavy (non-hydrogen) atoms. The van der Waals surface area contributed by atoms with Crippen LogP contribution in [0.1, 0.15) is 36.8 Å². The van der Waals surface area contributed by atoms with Crippen LogP contribution < -0.4 is 56.9 Å². The van der Waals surface area contributed by atoms with E-state index in [-0.39, 0.29) is 49.1 Å². The number of fused-ring (bicyclic) bond motifs is 4. The van der Waals surface area contributed by atoms with Crippen LogP contribution in [-0.4, -0.2) is 141 Å². The molecule has 11 N–H and O–H groups in total. The fourth-order valence-corrected chi connectivity index (χ4v) is 6.93. The van der Waals surface area contributed by atoms with Gasteiger partial charge < -0.3 is 72.0 Å². The molecule has 0 radical (unpaired) electrons. The van der Waals surface area contributed by atoms with E-state index in [1.165, 1.54) is 7.11 Å². The molecule has 0 aliphatic carbocycles. The first-order chi connectivity index (χ1) is 32.8. The monoisotopic (exact) mass is 948 g/mol. The lowest BCUT2D eigenvalue weighted by molar-refractivity contribution is -0.787. The summed E-state index contributed by atoms with van der Waals surface area (Å²) in [7, 11) is 1.47. The Labute approximate surface area is 390 Å². The average molecular weight is 949 g/mol. The SMILES string of the molecule is COc1cc2c(cc1OCCCCCO)N=C[C@@H]1Cc3ccc(NC(=O)[C@@H](O)OCNC(=O)CNC(=O)[C@H](Cc4ccccc4)NC(=O)CNC(=O)CNC(=O)CCNCC(=O)O)cc3N1[NH+]2[O-]. The smallest absolute Gasteiger partial charge is 0.317 e. The minimum absolute atomic E-state index is 0.0196. The number of rotatable bonds is 27. The number of carboxylic acid groups (broad SMARTS) is 1. The van der Waals surface area contributed by atoms with E-state index in [0.717, 1.165) is 18.4 Å². The lowest BCUT2D eigenvalue weighted by atomic mass is 10.1. The van der Waals surface area contributed by atoms with Gasteiger partial charge in [-0.3, -0.25) is 38.6 Å². The van der Waals surface area contributed by atoms with E-state index in [2.05, 4.69) is 42.2 Å². The van der Waals surface area contributed by atoms with Crippen molar-refractivity contribution in [2.45, 2.75) is 56.9 Å². The standard InChI is InChI=1S/C44H56N10O14/c1-66-35-20-34-31(19-36(35)67-15-7-3-6-14-55)46-21-30-17-28-10-11-29(18-33(28)53(30)54(34)65)51-43(63)44(64)68-26-50-39(58)23-49-42(62)32(16-27-8-4-2-5-9-27)52-40(59)24-48-38(57)22-47-37(56)12-13-45-25-41(60)61/h2,4-5,8-11,18-21,30,32,44-45,54-55,64H,3,6-7,12-17,22-26H2,1H3,(H,47,56)(H,48,57)(H,49,62)(H,50,58)(H,51,63)(H,52,59)(H,60,61)/t30-,32-,44-/m0/s1. The number of nitrogens with zero attached hydrogens (tertiary/aromatic N) is 2. The number of aliphatic imine (C=N–C) groups is 1. The first-order valence-corrected chi connectivity index (χ1v) is 21.7. The number of ether oxygens (including phenoxy) is 3. The molecule has 2 aliphatic heterocycles. The fourth-order valence-electron chi connectivity index (χ4n) is 6.93. The summed E-state index contributed by atoms with van der Waals surface area (Å²) in [5.74, 6) is -4.75. The summed E-state index contributed by atoms with van der Waals surface area (Å²) >= 11 is 0. The number of anilines is 2. The van der Waals surface area contributed by atoms with E-state index in [4.69, 9.17) is 24.4 Å². The lowest BCUT2D eigenvalue weighted by Gasteiger charge is -2.34. The molecule has 366 valence electrons. The van der Waals surface area contributed by atoms with Gasteiger partial charge in [0, 0.05) is 50.4 Å². The van der Waals surface area contributed by atoms with Crippen molar-refractivity contribution in [1.29, 1.82) is 0 Å². The zero-order chi connectivity index (χ0) is 49.0. The zero-order valence-electron chi connectivity index (χ0n) is 37.2. The Morgan fingerprint density at radius 3 is 2.34 bits per heavy atom. The number of carbonyl (C=O) groups excluding carboxylic acids is 6. The van der Waals surface area contributed by atoms with Crippen LogP contribution in [0.3, 0.4) is 0 Å². The molecule has 24 heteroatoms. The summed E-state index contributed by atoms with van der Waals surface area (Å²) < 4.78 is 16.6. The van der Waals surface area contributed by atoms with E-state index in [0.29, 0.717) is 47.9 Å². The molecule has 24 nitrogen and oxygen atoms in total. The molecular weight excluding hydrogens is 893 g/mol. The van der Waals surface area contributed by atoms with Gasteiger partial charge in [0.15, 0.2) is 17.2 Å². The minimum Gasteiger partial charge on any atom is -0.602 e. The number of unbranched alkanes of at least 4 members (excludes halogenated alkanes) is 2. The summed E-state index contributed by atoms with van der Waals surface area (Å²) in [4.78, 5) is 90.7. The van der Waals surface area contributed by atoms with Crippen LogP contribution in [-0.2, 0) is 51.1 Å². The van der Waals surface area contributed by atoms with Crippen LogP contribution in [0.15, 0.2) is 65.7 Å². The lowest BCUT2D eigenvalue weighted by Crippen LogP contribution is -3.11. The summed E-state index contributed by atoms with van der Waals surface area (Å²) in [6, 6.07) is 15.2. The van der Waals surface area contributed by atoms with Gasteiger partial charge >= 0.3 is 5.97 Å². The Kier molecular flexibility index (Phi) is 19.9. The van der Waals surface area contributed by atoms with Crippen molar-refractivity contribution in [3.63, 3.8) is 0 Å². The van der Waals surface area contributed by atoms with Crippen molar-refractivity contribution in [1.82, 2.24) is 31.9 Å². The highest BCUT2D eigenvalue weighted by Crippen LogP contribution is 2.40. The van der Waals surface area contributed by atoms with Gasteiger partial charge in [-0.25, -0.2) is 10.2 Å². The van der Waals surface area contributed by atoms with Gasteiger partial charge in [-0.05, 0) is 42.5 Å². The molecule has 3 aromatic rings. The Morgan fingerprint density at radius 1 is 0.853 bits per heavy atom. The average Bonchev–Trinajstić information content (AvgIpc) is 3.63. The van der Waals surface area contributed by atoms with Gasteiger partial charge in [-0.1, -0.05) is 36.4 Å². The summed E-state index contributed by atoms with van der Waals surface area (Å²) in [6.45, 7) is -1.97. The van der Waals surface area contributed by atoms with E-state index in [1.54, 1.807) is 71.9 Å². The van der Waals surface area contributed by atoms with E-state index >= 15 is 0 Å². The van der Waals surface area contributed by atoms with Gasteiger partial charge in [0.05, 0.1) is 51.6 Å². The van der Waals surface area contributed by atoms with E-state index in [9.17, 15) is 43.9 Å². The van der Waals surface area contributed by atoms with Crippen molar-refractivity contribution in [3.05, 3.63) is 77.0 Å². The fraction of sp³-hybridized carbons (Fsp3) is 0.409. The third-order valence-corrected chi connectivity index (χ3v) is 10.3. The predicted octanol–water partition coefficient (Wildman–Crippen LogP) is -2.20.